The second-order valence-corrected chi connectivity index (χ2v) is 10.8. The van der Waals surface area contributed by atoms with Crippen LogP contribution < -0.4 is 10.1 Å². The van der Waals surface area contributed by atoms with Crippen LogP contribution in [0.25, 0.3) is 0 Å². The highest BCUT2D eigenvalue weighted by molar-refractivity contribution is 6.01. The van der Waals surface area contributed by atoms with E-state index in [2.05, 4.69) is 30.6 Å². The monoisotopic (exact) mass is 437 g/mol. The van der Waals surface area contributed by atoms with Crippen LogP contribution in [0.4, 0.5) is 0 Å². The molecular weight excluding hydrogens is 402 g/mol. The van der Waals surface area contributed by atoms with E-state index in [1.165, 1.54) is 25.7 Å². The maximum Gasteiger partial charge on any atom is 0.255 e. The van der Waals surface area contributed by atoms with Crippen molar-refractivity contribution in [1.82, 2.24) is 15.1 Å². The number of allylic oxidation sites excluding steroid dienone is 1. The highest BCUT2D eigenvalue weighted by atomic mass is 16.5. The van der Waals surface area contributed by atoms with Crippen molar-refractivity contribution >= 4 is 11.8 Å². The van der Waals surface area contributed by atoms with Gasteiger partial charge in [0.2, 0.25) is 5.91 Å². The summed E-state index contributed by atoms with van der Waals surface area (Å²) >= 11 is 0. The Balaban J connectivity index is 1.26. The number of benzene rings is 1. The van der Waals surface area contributed by atoms with E-state index in [9.17, 15) is 9.59 Å². The maximum atomic E-state index is 13.0. The van der Waals surface area contributed by atoms with Gasteiger partial charge in [0, 0.05) is 23.8 Å². The molecule has 3 unspecified atom stereocenters. The first-order valence-corrected chi connectivity index (χ1v) is 12.1. The third-order valence-electron chi connectivity index (χ3n) is 7.93. The van der Waals surface area contributed by atoms with Gasteiger partial charge in [0.05, 0.1) is 0 Å². The van der Waals surface area contributed by atoms with Crippen LogP contribution in [-0.2, 0) is 11.3 Å². The van der Waals surface area contributed by atoms with Gasteiger partial charge < -0.3 is 15.0 Å². The van der Waals surface area contributed by atoms with E-state index in [1.54, 1.807) is 4.90 Å². The van der Waals surface area contributed by atoms with E-state index in [-0.39, 0.29) is 17.9 Å². The molecule has 2 amide bonds. The topological polar surface area (TPSA) is 61.9 Å². The van der Waals surface area contributed by atoms with E-state index in [1.807, 2.05) is 18.2 Å². The average Bonchev–Trinajstić information content (AvgIpc) is 3.33. The molecular formula is C26H35N3O3. The first kappa shape index (κ1) is 21.5. The molecule has 1 aliphatic carbocycles. The number of ether oxygens (including phenoxy) is 1. The van der Waals surface area contributed by atoms with E-state index in [4.69, 9.17) is 4.74 Å². The van der Waals surface area contributed by atoms with Gasteiger partial charge in [-0.05, 0) is 87.2 Å². The molecule has 3 atom stereocenters. The number of carbonyl (C=O) groups is 2. The molecule has 6 nitrogen and oxygen atoms in total. The zero-order valence-electron chi connectivity index (χ0n) is 19.4. The van der Waals surface area contributed by atoms with Gasteiger partial charge in [-0.15, -0.1) is 0 Å². The number of fused-ring (bicyclic) bond motifs is 1. The summed E-state index contributed by atoms with van der Waals surface area (Å²) in [6.45, 7) is 11.3. The highest BCUT2D eigenvalue weighted by Crippen LogP contribution is 2.36. The summed E-state index contributed by atoms with van der Waals surface area (Å²) in [6.07, 6.45) is 7.52. The lowest BCUT2D eigenvalue weighted by molar-refractivity contribution is -0.126. The smallest absolute Gasteiger partial charge is 0.255 e. The summed E-state index contributed by atoms with van der Waals surface area (Å²) in [6, 6.07) is 5.88. The second kappa shape index (κ2) is 8.22. The Morgan fingerprint density at radius 2 is 1.91 bits per heavy atom. The quantitative estimate of drug-likeness (QED) is 0.777. The lowest BCUT2D eigenvalue weighted by Crippen LogP contribution is -2.49. The minimum absolute atomic E-state index is 0.0612. The van der Waals surface area contributed by atoms with Gasteiger partial charge in [-0.25, -0.2) is 0 Å². The third-order valence-corrected chi connectivity index (χ3v) is 7.93. The van der Waals surface area contributed by atoms with Crippen LogP contribution in [-0.4, -0.2) is 52.9 Å². The molecule has 1 aromatic rings. The average molecular weight is 438 g/mol. The van der Waals surface area contributed by atoms with Gasteiger partial charge in [-0.3, -0.25) is 14.5 Å². The van der Waals surface area contributed by atoms with Gasteiger partial charge in [0.15, 0.2) is 0 Å². The second-order valence-electron chi connectivity index (χ2n) is 10.8. The molecule has 1 aromatic carbocycles. The predicted molar refractivity (Wildman–Crippen MR) is 123 cm³/mol. The molecule has 3 aliphatic heterocycles. The largest absolute Gasteiger partial charge is 0.489 e. The minimum Gasteiger partial charge on any atom is -0.489 e. The molecule has 0 bridgehead atoms. The zero-order valence-corrected chi connectivity index (χ0v) is 19.4. The molecule has 1 N–H and O–H groups in total. The Labute approximate surface area is 191 Å². The summed E-state index contributed by atoms with van der Waals surface area (Å²) in [5.41, 5.74) is 2.83. The van der Waals surface area contributed by atoms with Crippen LogP contribution >= 0.6 is 0 Å². The van der Waals surface area contributed by atoms with Crippen molar-refractivity contribution in [2.75, 3.05) is 13.1 Å². The van der Waals surface area contributed by atoms with Gasteiger partial charge in [0.25, 0.3) is 5.91 Å². The fourth-order valence-corrected chi connectivity index (χ4v) is 5.80. The van der Waals surface area contributed by atoms with Gasteiger partial charge in [-0.2, -0.15) is 0 Å². The minimum atomic E-state index is -0.424. The van der Waals surface area contributed by atoms with E-state index in [0.29, 0.717) is 36.4 Å². The molecule has 1 saturated carbocycles. The van der Waals surface area contributed by atoms with Crippen LogP contribution in [0.1, 0.15) is 74.7 Å². The van der Waals surface area contributed by atoms with Crippen molar-refractivity contribution in [3.63, 3.8) is 0 Å². The fourth-order valence-electron chi connectivity index (χ4n) is 5.80. The van der Waals surface area contributed by atoms with Crippen molar-refractivity contribution in [1.29, 1.82) is 0 Å². The lowest BCUT2D eigenvalue weighted by atomic mass is 9.82. The standard InChI is InChI=1S/C26H35N3O3/c1-17-7-10-22(24(30)27-17)29-16-18-15-19(8-9-20(18)25(29)31)32-23-6-4-5-21(23)28-13-11-26(2,3)12-14-28/h8-9,15,21-23H,1,4-7,10-14,16H2,2-3H3,(H,27,30). The Hall–Kier alpha value is -2.34. The first-order chi connectivity index (χ1) is 15.3. The number of piperidine rings is 2. The summed E-state index contributed by atoms with van der Waals surface area (Å²) in [5, 5.41) is 2.80. The summed E-state index contributed by atoms with van der Waals surface area (Å²) < 4.78 is 6.51. The summed E-state index contributed by atoms with van der Waals surface area (Å²) in [7, 11) is 0. The van der Waals surface area contributed by atoms with E-state index in [0.717, 1.165) is 36.5 Å². The summed E-state index contributed by atoms with van der Waals surface area (Å²) in [5.74, 6) is 0.653. The highest BCUT2D eigenvalue weighted by Gasteiger charge is 2.39. The Morgan fingerprint density at radius 3 is 2.66 bits per heavy atom. The number of hydrogen-bond donors (Lipinski definition) is 1. The van der Waals surface area contributed by atoms with Gasteiger partial charge >= 0.3 is 0 Å². The molecule has 4 aliphatic rings. The Morgan fingerprint density at radius 1 is 1.12 bits per heavy atom. The molecule has 5 rings (SSSR count). The zero-order chi connectivity index (χ0) is 22.5. The Bertz CT molecular complexity index is 930. The molecule has 3 heterocycles. The number of amides is 2. The maximum absolute atomic E-state index is 13.0. The van der Waals surface area contributed by atoms with Crippen LogP contribution in [0.15, 0.2) is 30.5 Å². The SMILES string of the molecule is C=C1CCC(N2Cc3cc(OC4CCCC4N4CCC(C)(C)CC4)ccc3C2=O)C(=O)N1. The molecule has 0 aromatic heterocycles. The first-order valence-electron chi connectivity index (χ1n) is 12.1. The van der Waals surface area contributed by atoms with Gasteiger partial charge in [-0.1, -0.05) is 20.4 Å². The predicted octanol–water partition coefficient (Wildman–Crippen LogP) is 3.86. The summed E-state index contributed by atoms with van der Waals surface area (Å²) in [4.78, 5) is 29.7. The van der Waals surface area contributed by atoms with Crippen LogP contribution in [0, 0.1) is 5.41 Å². The van der Waals surface area contributed by atoms with E-state index < -0.39 is 6.04 Å². The molecule has 3 fully saturated rings. The van der Waals surface area contributed by atoms with Gasteiger partial charge in [0.1, 0.15) is 17.9 Å². The van der Waals surface area contributed by atoms with Crippen molar-refractivity contribution < 1.29 is 14.3 Å². The lowest BCUT2D eigenvalue weighted by Gasteiger charge is -2.41. The van der Waals surface area contributed by atoms with Crippen molar-refractivity contribution in [2.45, 2.75) is 83.5 Å². The number of carbonyl (C=O) groups excluding carboxylic acids is 2. The normalized spacial score (nSPS) is 30.4. The van der Waals surface area contributed by atoms with Crippen molar-refractivity contribution in [3.05, 3.63) is 41.6 Å². The number of nitrogens with zero attached hydrogens (tertiary/aromatic N) is 2. The molecule has 6 heteroatoms. The van der Waals surface area contributed by atoms with Crippen LogP contribution in [0.3, 0.4) is 0 Å². The molecule has 0 radical (unpaired) electrons. The number of nitrogens with one attached hydrogen (secondary N) is 1. The van der Waals surface area contributed by atoms with Crippen molar-refractivity contribution in [3.8, 4) is 5.75 Å². The molecule has 172 valence electrons. The van der Waals surface area contributed by atoms with E-state index >= 15 is 0 Å². The molecule has 32 heavy (non-hydrogen) atoms. The van der Waals surface area contributed by atoms with Crippen molar-refractivity contribution in [2.24, 2.45) is 5.41 Å². The van der Waals surface area contributed by atoms with Crippen LogP contribution in [0.5, 0.6) is 5.75 Å². The number of likely N-dealkylation sites (tertiary alicyclic amines) is 1. The third kappa shape index (κ3) is 4.05. The Kier molecular flexibility index (Phi) is 5.52. The number of hydrogen-bond acceptors (Lipinski definition) is 4. The molecule has 2 saturated heterocycles. The molecule has 0 spiro atoms. The van der Waals surface area contributed by atoms with Crippen LogP contribution in [0.2, 0.25) is 0 Å². The number of rotatable bonds is 4. The fraction of sp³-hybridized carbons (Fsp3) is 0.615.